The topological polar surface area (TPSA) is 93.8 Å². The van der Waals surface area contributed by atoms with Crippen LogP contribution in [-0.4, -0.2) is 17.0 Å². The van der Waals surface area contributed by atoms with E-state index in [-0.39, 0.29) is 16.4 Å². The molecule has 0 bridgehead atoms. The maximum Gasteiger partial charge on any atom is 0.335 e. The molecule has 0 spiro atoms. The number of carboxylic acids is 1. The Kier molecular flexibility index (Phi) is 7.67. The first-order valence-corrected chi connectivity index (χ1v) is 11.3. The smallest absolute Gasteiger partial charge is 0.335 e. The van der Waals surface area contributed by atoms with Crippen LogP contribution in [0, 0.1) is 0 Å². The molecule has 1 atom stereocenters. The molecule has 6 heteroatoms. The molecule has 1 N–H and O–H groups in total. The highest BCUT2D eigenvalue weighted by Crippen LogP contribution is 2.30. The number of carbonyl (C=O) groups is 2. The van der Waals surface area contributed by atoms with Crippen LogP contribution in [0.25, 0.3) is 21.9 Å². The number of fused-ring (bicyclic) bond motifs is 2. The normalized spacial score (nSPS) is 12.2. The highest BCUT2D eigenvalue weighted by atomic mass is 16.5. The molecule has 1 unspecified atom stereocenters. The van der Waals surface area contributed by atoms with Crippen molar-refractivity contribution in [2.45, 2.75) is 71.8 Å². The van der Waals surface area contributed by atoms with E-state index >= 15 is 0 Å². The number of aromatic carboxylic acids is 1. The first-order chi connectivity index (χ1) is 15.3. The van der Waals surface area contributed by atoms with Gasteiger partial charge in [0, 0.05) is 12.5 Å². The molecule has 3 aromatic rings. The molecule has 0 saturated carbocycles. The van der Waals surface area contributed by atoms with Crippen LogP contribution in [0.4, 0.5) is 0 Å². The lowest BCUT2D eigenvalue weighted by molar-refractivity contribution is -0.145. The van der Waals surface area contributed by atoms with Crippen LogP contribution in [0.15, 0.2) is 39.5 Å². The van der Waals surface area contributed by atoms with Crippen LogP contribution in [0.5, 0.6) is 0 Å². The van der Waals surface area contributed by atoms with E-state index < -0.39 is 18.0 Å². The van der Waals surface area contributed by atoms with E-state index in [9.17, 15) is 19.5 Å². The summed E-state index contributed by atoms with van der Waals surface area (Å²) in [7, 11) is 0. The van der Waals surface area contributed by atoms with Crippen LogP contribution >= 0.6 is 0 Å². The lowest BCUT2D eigenvalue weighted by atomic mass is 9.97. The molecule has 3 rings (SSSR count). The molecule has 0 radical (unpaired) electrons. The van der Waals surface area contributed by atoms with E-state index in [4.69, 9.17) is 9.15 Å². The second-order valence-corrected chi connectivity index (χ2v) is 8.28. The lowest BCUT2D eigenvalue weighted by Crippen LogP contribution is -2.10. The summed E-state index contributed by atoms with van der Waals surface area (Å²) >= 11 is 0. The number of carbonyl (C=O) groups excluding carboxylic acids is 1. The second kappa shape index (κ2) is 10.4. The number of hydrogen-bond acceptors (Lipinski definition) is 5. The third-order valence-corrected chi connectivity index (χ3v) is 5.70. The Balaban J connectivity index is 2.07. The van der Waals surface area contributed by atoms with Gasteiger partial charge >= 0.3 is 11.9 Å². The fraction of sp³-hybridized carbons (Fsp3) is 0.423. The molecule has 0 aliphatic heterocycles. The fourth-order valence-electron chi connectivity index (χ4n) is 4.05. The van der Waals surface area contributed by atoms with Crippen molar-refractivity contribution in [1.82, 2.24) is 0 Å². The predicted octanol–water partition coefficient (Wildman–Crippen LogP) is 6.17. The van der Waals surface area contributed by atoms with Crippen LogP contribution in [-0.2, 0) is 16.0 Å². The molecule has 2 aromatic carbocycles. The van der Waals surface area contributed by atoms with E-state index in [1.54, 1.807) is 6.92 Å². The molecule has 170 valence electrons. The number of carboxylic acid groups (broad SMARTS) is 1. The minimum Gasteiger partial charge on any atom is -0.478 e. The molecule has 0 saturated heterocycles. The van der Waals surface area contributed by atoms with Gasteiger partial charge in [-0.3, -0.25) is 9.59 Å². The van der Waals surface area contributed by atoms with Gasteiger partial charge in [0.2, 0.25) is 5.43 Å². The minimum absolute atomic E-state index is 0.0286. The third kappa shape index (κ3) is 5.36. The lowest BCUT2D eigenvalue weighted by Gasteiger charge is -2.16. The number of rotatable bonds is 10. The number of unbranched alkanes of at least 4 members (excludes halogenated alkanes) is 5. The van der Waals surface area contributed by atoms with E-state index in [1.807, 2.05) is 12.1 Å². The summed E-state index contributed by atoms with van der Waals surface area (Å²) in [6.07, 6.45) is 7.18. The summed E-state index contributed by atoms with van der Waals surface area (Å²) in [4.78, 5) is 36.2. The SMILES string of the molecule is CCCCCCCCc1cc(C(C)OC(C)=O)c2oc3ccc(C(=O)O)cc3c(=O)c2c1. The Labute approximate surface area is 187 Å². The summed E-state index contributed by atoms with van der Waals surface area (Å²) in [5.74, 6) is -1.52. The number of benzene rings is 2. The van der Waals surface area contributed by atoms with Gasteiger partial charge in [0.1, 0.15) is 17.3 Å². The Morgan fingerprint density at radius 1 is 1.03 bits per heavy atom. The average Bonchev–Trinajstić information content (AvgIpc) is 2.75. The molecule has 6 nitrogen and oxygen atoms in total. The van der Waals surface area contributed by atoms with Gasteiger partial charge in [0.25, 0.3) is 0 Å². The van der Waals surface area contributed by atoms with Gasteiger partial charge in [-0.05, 0) is 55.7 Å². The maximum absolute atomic E-state index is 13.3. The summed E-state index contributed by atoms with van der Waals surface area (Å²) in [6.45, 7) is 5.29. The summed E-state index contributed by atoms with van der Waals surface area (Å²) < 4.78 is 11.4. The molecular formula is C26H30O6. The summed E-state index contributed by atoms with van der Waals surface area (Å²) in [5, 5.41) is 9.88. The predicted molar refractivity (Wildman–Crippen MR) is 124 cm³/mol. The van der Waals surface area contributed by atoms with Crippen LogP contribution < -0.4 is 5.43 Å². The molecule has 1 heterocycles. The Bertz CT molecular complexity index is 1190. The van der Waals surface area contributed by atoms with Crippen molar-refractivity contribution >= 4 is 33.9 Å². The largest absolute Gasteiger partial charge is 0.478 e. The van der Waals surface area contributed by atoms with Crippen molar-refractivity contribution in [3.8, 4) is 0 Å². The van der Waals surface area contributed by atoms with Gasteiger partial charge in [-0.25, -0.2) is 4.79 Å². The maximum atomic E-state index is 13.3. The van der Waals surface area contributed by atoms with E-state index in [1.165, 1.54) is 50.8 Å². The van der Waals surface area contributed by atoms with Gasteiger partial charge in [-0.1, -0.05) is 39.0 Å². The van der Waals surface area contributed by atoms with Crippen molar-refractivity contribution in [1.29, 1.82) is 0 Å². The van der Waals surface area contributed by atoms with Crippen molar-refractivity contribution in [3.05, 3.63) is 57.2 Å². The zero-order valence-corrected chi connectivity index (χ0v) is 18.9. The van der Waals surface area contributed by atoms with Gasteiger partial charge in [0.15, 0.2) is 0 Å². The van der Waals surface area contributed by atoms with Gasteiger partial charge in [0.05, 0.1) is 16.3 Å². The molecule has 0 aliphatic rings. The fourth-order valence-corrected chi connectivity index (χ4v) is 4.05. The molecular weight excluding hydrogens is 408 g/mol. The number of ether oxygens (including phenoxy) is 1. The van der Waals surface area contributed by atoms with Crippen molar-refractivity contribution in [2.75, 3.05) is 0 Å². The van der Waals surface area contributed by atoms with E-state index in [2.05, 4.69) is 6.92 Å². The molecule has 0 aliphatic carbocycles. The number of aryl methyl sites for hydroxylation is 1. The van der Waals surface area contributed by atoms with Gasteiger partial charge < -0.3 is 14.3 Å². The first kappa shape index (κ1) is 23.5. The second-order valence-electron chi connectivity index (χ2n) is 8.28. The Morgan fingerprint density at radius 2 is 1.75 bits per heavy atom. The highest BCUT2D eigenvalue weighted by molar-refractivity contribution is 5.96. The quantitative estimate of drug-likeness (QED) is 0.231. The number of hydrogen-bond donors (Lipinski definition) is 1. The average molecular weight is 439 g/mol. The monoisotopic (exact) mass is 438 g/mol. The van der Waals surface area contributed by atoms with Crippen LogP contribution in [0.1, 0.15) is 86.9 Å². The summed E-state index contributed by atoms with van der Waals surface area (Å²) in [5.41, 5.74) is 2.02. The number of esters is 1. The van der Waals surface area contributed by atoms with Gasteiger partial charge in [-0.2, -0.15) is 0 Å². The van der Waals surface area contributed by atoms with Crippen molar-refractivity contribution in [3.63, 3.8) is 0 Å². The van der Waals surface area contributed by atoms with Crippen molar-refractivity contribution in [2.24, 2.45) is 0 Å². The van der Waals surface area contributed by atoms with E-state index in [0.29, 0.717) is 22.1 Å². The molecule has 0 fully saturated rings. The Morgan fingerprint density at radius 3 is 2.44 bits per heavy atom. The van der Waals surface area contributed by atoms with Crippen molar-refractivity contribution < 1.29 is 23.8 Å². The third-order valence-electron chi connectivity index (χ3n) is 5.70. The highest BCUT2D eigenvalue weighted by Gasteiger charge is 2.19. The molecule has 1 aromatic heterocycles. The Hall–Kier alpha value is -3.15. The van der Waals surface area contributed by atoms with Crippen LogP contribution in [0.2, 0.25) is 0 Å². The van der Waals surface area contributed by atoms with Crippen LogP contribution in [0.3, 0.4) is 0 Å². The first-order valence-electron chi connectivity index (χ1n) is 11.3. The molecule has 32 heavy (non-hydrogen) atoms. The summed E-state index contributed by atoms with van der Waals surface area (Å²) in [6, 6.07) is 8.01. The van der Waals surface area contributed by atoms with Gasteiger partial charge in [-0.15, -0.1) is 0 Å². The zero-order chi connectivity index (χ0) is 23.3. The standard InChI is InChI=1S/C26H30O6/c1-4-5-6-7-8-9-10-18-13-20(16(2)31-17(3)27)25-22(14-18)24(28)21-15-19(26(29)30)11-12-23(21)32-25/h11-16H,4-10H2,1-3H3,(H,29,30). The minimum atomic E-state index is -1.10. The zero-order valence-electron chi connectivity index (χ0n) is 18.9. The molecule has 0 amide bonds. The van der Waals surface area contributed by atoms with E-state index in [0.717, 1.165) is 24.8 Å².